The Balaban J connectivity index is 1.27. The predicted octanol–water partition coefficient (Wildman–Crippen LogP) is 8.60. The third-order valence-electron chi connectivity index (χ3n) is 10.2. The van der Waals surface area contributed by atoms with E-state index in [-0.39, 0.29) is 36.8 Å². The van der Waals surface area contributed by atoms with Crippen molar-refractivity contribution in [3.05, 3.63) is 124 Å². The third-order valence-corrected chi connectivity index (χ3v) is 10.2. The number of halogens is 2. The van der Waals surface area contributed by atoms with E-state index >= 15 is 0 Å². The third kappa shape index (κ3) is 10.5. The molecule has 2 bridgehead atoms. The summed E-state index contributed by atoms with van der Waals surface area (Å²) in [6, 6.07) is 2.17. The summed E-state index contributed by atoms with van der Waals surface area (Å²) in [5.74, 6) is -4.27. The van der Waals surface area contributed by atoms with Gasteiger partial charge in [-0.15, -0.1) is 0 Å². The van der Waals surface area contributed by atoms with Crippen LogP contribution in [0.5, 0.6) is 5.75 Å². The SMILES string of the molecule is CC/C=C\C/C=C\C/C=C\C/C=C\C/C=C\CCCC(=O)Oc1c2n(cc(C(=O)NCc3ccc(F)cc3F)c1=O)[C@@H]1CN(C2=O)[C@@H](C)CC[C@]12CC(C)=NO2. The molecule has 3 aliphatic rings. The summed E-state index contributed by atoms with van der Waals surface area (Å²) < 4.78 is 35.1. The molecule has 3 atom stereocenters. The number of benzene rings is 1. The number of amides is 2. The molecule has 3 aliphatic heterocycles. The Morgan fingerprint density at radius 1 is 1.00 bits per heavy atom. The zero-order valence-corrected chi connectivity index (χ0v) is 32.5. The van der Waals surface area contributed by atoms with Crippen molar-refractivity contribution in [2.24, 2.45) is 5.16 Å². The second-order valence-corrected chi connectivity index (χ2v) is 14.5. The normalized spacial score (nSPS) is 20.8. The number of carbonyl (C=O) groups excluding carboxylic acids is 3. The highest BCUT2D eigenvalue weighted by atomic mass is 19.1. The molecule has 5 rings (SSSR count). The van der Waals surface area contributed by atoms with Gasteiger partial charge in [-0.1, -0.05) is 78.9 Å². The van der Waals surface area contributed by atoms with Gasteiger partial charge in [0.2, 0.25) is 11.2 Å². The average Bonchev–Trinajstić information content (AvgIpc) is 3.50. The van der Waals surface area contributed by atoms with Gasteiger partial charge in [0, 0.05) is 49.8 Å². The lowest BCUT2D eigenvalue weighted by atomic mass is 9.84. The highest BCUT2D eigenvalue weighted by Gasteiger charge is 2.54. The highest BCUT2D eigenvalue weighted by Crippen LogP contribution is 2.46. The monoisotopic (exact) mass is 770 g/mol. The summed E-state index contributed by atoms with van der Waals surface area (Å²) >= 11 is 0. The van der Waals surface area contributed by atoms with Gasteiger partial charge in [-0.3, -0.25) is 19.2 Å². The number of hydrogen-bond donors (Lipinski definition) is 1. The second kappa shape index (κ2) is 20.0. The minimum atomic E-state index is -0.950. The lowest BCUT2D eigenvalue weighted by Gasteiger charge is -2.42. The Hall–Kier alpha value is -5.39. The van der Waals surface area contributed by atoms with E-state index in [1.54, 1.807) is 4.90 Å². The Labute approximate surface area is 327 Å². The number of pyridine rings is 1. The maximum Gasteiger partial charge on any atom is 0.311 e. The minimum absolute atomic E-state index is 0.00600. The molecule has 56 heavy (non-hydrogen) atoms. The Morgan fingerprint density at radius 3 is 2.29 bits per heavy atom. The molecule has 298 valence electrons. The van der Waals surface area contributed by atoms with Crippen LogP contribution in [0.1, 0.15) is 124 Å². The van der Waals surface area contributed by atoms with Crippen LogP contribution in [0.15, 0.2) is 95.1 Å². The number of hydrogen-bond acceptors (Lipinski definition) is 7. The van der Waals surface area contributed by atoms with Gasteiger partial charge in [-0.05, 0) is 77.7 Å². The highest BCUT2D eigenvalue weighted by molar-refractivity contribution is 6.00. The molecule has 0 saturated carbocycles. The number of esters is 1. The summed E-state index contributed by atoms with van der Waals surface area (Å²) in [5.41, 5.74) is -1.59. The molecule has 0 aliphatic carbocycles. The number of ether oxygens (including phenoxy) is 1. The standard InChI is InChI=1S/C44H52F2N4O6/c1-4-5-6-7-8-9-10-11-12-13-14-15-16-17-18-19-20-21-38(51)55-41-39-43(54)49-30-37(44(25-24-32(49)3)27-31(2)48-56-44)50(39)29-35(40(41)52)42(53)47-28-33-22-23-34(45)26-36(33)46/h5-6,8-9,11-12,14-15,17-18,22-23,26,29,32,37H,4,7,10,13,16,19-21,24-25,27-28,30H2,1-3H3,(H,47,53)/b6-5-,9-8-,12-11-,15-14-,18-17-/t32-,37+,44-/m0/s1. The van der Waals surface area contributed by atoms with E-state index in [9.17, 15) is 28.0 Å². The van der Waals surface area contributed by atoms with Crippen molar-refractivity contribution in [3.63, 3.8) is 0 Å². The van der Waals surface area contributed by atoms with Crippen molar-refractivity contribution in [1.82, 2.24) is 14.8 Å². The van der Waals surface area contributed by atoms with Crippen LogP contribution >= 0.6 is 0 Å². The van der Waals surface area contributed by atoms with Gasteiger partial charge in [-0.2, -0.15) is 0 Å². The molecule has 1 fully saturated rings. The van der Waals surface area contributed by atoms with Crippen molar-refractivity contribution >= 4 is 23.5 Å². The van der Waals surface area contributed by atoms with Crippen LogP contribution in [0.4, 0.5) is 8.78 Å². The number of fused-ring (bicyclic) bond motifs is 5. The van der Waals surface area contributed by atoms with Crippen LogP contribution in [0.25, 0.3) is 0 Å². The molecule has 10 nitrogen and oxygen atoms in total. The van der Waals surface area contributed by atoms with Gasteiger partial charge >= 0.3 is 5.97 Å². The Kier molecular flexibility index (Phi) is 14.9. The van der Waals surface area contributed by atoms with Gasteiger partial charge in [0.1, 0.15) is 17.2 Å². The Bertz CT molecular complexity index is 2000. The van der Waals surface area contributed by atoms with Crippen molar-refractivity contribution in [2.75, 3.05) is 6.54 Å². The molecule has 1 saturated heterocycles. The first-order chi connectivity index (χ1) is 27.0. The fraction of sp³-hybridized carbons (Fsp3) is 0.432. The van der Waals surface area contributed by atoms with Crippen molar-refractivity contribution in [1.29, 1.82) is 0 Å². The molecule has 1 spiro atoms. The molecule has 4 heterocycles. The second-order valence-electron chi connectivity index (χ2n) is 14.5. The van der Waals surface area contributed by atoms with E-state index in [4.69, 9.17) is 9.57 Å². The fourth-order valence-corrected chi connectivity index (χ4v) is 7.20. The molecular formula is C44H52F2N4O6. The van der Waals surface area contributed by atoms with E-state index < -0.39 is 57.8 Å². The van der Waals surface area contributed by atoms with E-state index in [1.165, 1.54) is 16.8 Å². The number of allylic oxidation sites excluding steroid dienone is 10. The topological polar surface area (TPSA) is 119 Å². The largest absolute Gasteiger partial charge is 0.420 e. The first kappa shape index (κ1) is 41.8. The molecule has 12 heteroatoms. The molecule has 0 unspecified atom stereocenters. The maximum absolute atomic E-state index is 14.4. The van der Waals surface area contributed by atoms with Crippen LogP contribution in [-0.2, 0) is 16.2 Å². The first-order valence-electron chi connectivity index (χ1n) is 19.5. The first-order valence-corrected chi connectivity index (χ1v) is 19.5. The smallest absolute Gasteiger partial charge is 0.311 e. The van der Waals surface area contributed by atoms with Crippen LogP contribution in [0, 0.1) is 11.6 Å². The molecule has 2 amide bonds. The molecule has 2 aromatic rings. The summed E-state index contributed by atoms with van der Waals surface area (Å²) in [4.78, 5) is 62.8. The predicted molar refractivity (Wildman–Crippen MR) is 212 cm³/mol. The number of nitrogens with one attached hydrogen (secondary N) is 1. The van der Waals surface area contributed by atoms with E-state index in [0.717, 1.165) is 43.9 Å². The van der Waals surface area contributed by atoms with Gasteiger partial charge in [0.25, 0.3) is 11.8 Å². The van der Waals surface area contributed by atoms with Crippen molar-refractivity contribution in [3.8, 4) is 5.75 Å². The quantitative estimate of drug-likeness (QED) is 0.0978. The summed E-state index contributed by atoms with van der Waals surface area (Å²) in [6.45, 7) is 5.77. The summed E-state index contributed by atoms with van der Waals surface area (Å²) in [7, 11) is 0. The molecule has 1 aromatic carbocycles. The van der Waals surface area contributed by atoms with Gasteiger partial charge < -0.3 is 24.4 Å². The number of rotatable bonds is 17. The van der Waals surface area contributed by atoms with Gasteiger partial charge in [0.15, 0.2) is 11.3 Å². The zero-order chi connectivity index (χ0) is 40.1. The maximum atomic E-state index is 14.4. The van der Waals surface area contributed by atoms with Crippen LogP contribution in [-0.4, -0.2) is 51.2 Å². The number of carbonyl (C=O) groups is 3. The molecule has 0 radical (unpaired) electrons. The fourth-order valence-electron chi connectivity index (χ4n) is 7.20. The van der Waals surface area contributed by atoms with Crippen molar-refractivity contribution in [2.45, 2.75) is 116 Å². The van der Waals surface area contributed by atoms with Crippen molar-refractivity contribution < 1.29 is 32.7 Å². The van der Waals surface area contributed by atoms with Gasteiger partial charge in [0.05, 0.1) is 11.8 Å². The molecular weight excluding hydrogens is 719 g/mol. The van der Waals surface area contributed by atoms with Gasteiger partial charge in [-0.25, -0.2) is 8.78 Å². The Morgan fingerprint density at radius 2 is 1.66 bits per heavy atom. The van der Waals surface area contributed by atoms with Crippen LogP contribution < -0.4 is 15.5 Å². The lowest BCUT2D eigenvalue weighted by molar-refractivity contribution is -0.134. The van der Waals surface area contributed by atoms with Crippen LogP contribution in [0.2, 0.25) is 0 Å². The number of unbranched alkanes of at least 4 members (excludes halogenated alkanes) is 1. The van der Waals surface area contributed by atoms with E-state index in [0.29, 0.717) is 38.2 Å². The average molecular weight is 771 g/mol. The number of oxime groups is 1. The lowest BCUT2D eigenvalue weighted by Crippen LogP contribution is -2.52. The van der Waals surface area contributed by atoms with E-state index in [1.807, 2.05) is 26.0 Å². The van der Waals surface area contributed by atoms with Crippen LogP contribution in [0.3, 0.4) is 0 Å². The molecule has 1 N–H and O–H groups in total. The summed E-state index contributed by atoms with van der Waals surface area (Å²) in [5, 5.41) is 6.75. The number of nitrogens with zero attached hydrogens (tertiary/aromatic N) is 3. The minimum Gasteiger partial charge on any atom is -0.420 e. The summed E-state index contributed by atoms with van der Waals surface area (Å²) in [6.07, 6.45) is 29.5. The molecule has 1 aromatic heterocycles. The van der Waals surface area contributed by atoms with E-state index in [2.05, 4.69) is 66.0 Å². The number of aromatic nitrogens is 1. The zero-order valence-electron chi connectivity index (χ0n) is 32.5.